The number of piperidine rings is 2. The summed E-state index contributed by atoms with van der Waals surface area (Å²) in [6.07, 6.45) is 8.25. The third-order valence-corrected chi connectivity index (χ3v) is 8.50. The third kappa shape index (κ3) is 5.37. The van der Waals surface area contributed by atoms with Crippen LogP contribution in [0.1, 0.15) is 49.7 Å². The van der Waals surface area contributed by atoms with Gasteiger partial charge in [-0.3, -0.25) is 9.59 Å². The van der Waals surface area contributed by atoms with Crippen LogP contribution in [-0.4, -0.2) is 47.8 Å². The molecule has 3 aliphatic rings. The molecule has 2 amide bonds. The first kappa shape index (κ1) is 23.1. The van der Waals surface area contributed by atoms with E-state index in [4.69, 9.17) is 0 Å². The molecular weight excluding hydrogens is 420 g/mol. The van der Waals surface area contributed by atoms with Crippen LogP contribution in [0, 0.1) is 23.7 Å². The molecular formula is C30H38N2O2. The van der Waals surface area contributed by atoms with Gasteiger partial charge in [-0.2, -0.15) is 0 Å². The second-order valence-electron chi connectivity index (χ2n) is 10.7. The Balaban J connectivity index is 1.07. The van der Waals surface area contributed by atoms with Crippen LogP contribution in [0.4, 0.5) is 0 Å². The van der Waals surface area contributed by atoms with E-state index in [2.05, 4.69) is 70.5 Å². The zero-order valence-corrected chi connectivity index (χ0v) is 20.3. The summed E-state index contributed by atoms with van der Waals surface area (Å²) in [5, 5.41) is 0. The molecule has 0 radical (unpaired) electrons. The molecule has 1 saturated carbocycles. The summed E-state index contributed by atoms with van der Waals surface area (Å²) in [6, 6.07) is 21.3. The lowest BCUT2D eigenvalue weighted by Gasteiger charge is -2.43. The van der Waals surface area contributed by atoms with Crippen LogP contribution in [0.15, 0.2) is 60.7 Å². The van der Waals surface area contributed by atoms with Crippen molar-refractivity contribution in [1.82, 2.24) is 9.80 Å². The first-order chi connectivity index (χ1) is 16.7. The van der Waals surface area contributed by atoms with Gasteiger partial charge < -0.3 is 9.80 Å². The van der Waals surface area contributed by atoms with E-state index in [0.29, 0.717) is 11.8 Å². The zero-order chi connectivity index (χ0) is 23.3. The van der Waals surface area contributed by atoms with Gasteiger partial charge in [0.1, 0.15) is 0 Å². The van der Waals surface area contributed by atoms with Gasteiger partial charge in [0.15, 0.2) is 0 Å². The normalized spacial score (nSPS) is 24.0. The largest absolute Gasteiger partial charge is 0.342 e. The monoisotopic (exact) mass is 458 g/mol. The van der Waals surface area contributed by atoms with E-state index in [9.17, 15) is 9.59 Å². The van der Waals surface area contributed by atoms with Gasteiger partial charge in [-0.25, -0.2) is 0 Å². The van der Waals surface area contributed by atoms with Gasteiger partial charge in [-0.15, -0.1) is 0 Å². The van der Waals surface area contributed by atoms with Crippen molar-refractivity contribution < 1.29 is 9.59 Å². The second kappa shape index (κ2) is 10.8. The first-order valence-electron chi connectivity index (χ1n) is 13.3. The quantitative estimate of drug-likeness (QED) is 0.613. The number of hydrogen-bond donors (Lipinski definition) is 0. The molecule has 0 aromatic heterocycles. The molecule has 4 heteroatoms. The minimum Gasteiger partial charge on any atom is -0.342 e. The lowest BCUT2D eigenvalue weighted by Crippen LogP contribution is -2.52. The number of rotatable bonds is 6. The Morgan fingerprint density at radius 3 is 1.24 bits per heavy atom. The number of nitrogens with zero attached hydrogens (tertiary/aromatic N) is 2. The Morgan fingerprint density at radius 2 is 0.912 bits per heavy atom. The summed E-state index contributed by atoms with van der Waals surface area (Å²) in [6.45, 7) is 3.38. The van der Waals surface area contributed by atoms with Gasteiger partial charge in [-0.1, -0.05) is 60.7 Å². The van der Waals surface area contributed by atoms with Crippen molar-refractivity contribution in [3.63, 3.8) is 0 Å². The minimum absolute atomic E-state index is 0.0831. The molecule has 2 aromatic rings. The number of benzene rings is 2. The van der Waals surface area contributed by atoms with Crippen molar-refractivity contribution in [1.29, 1.82) is 0 Å². The van der Waals surface area contributed by atoms with E-state index in [1.165, 1.54) is 11.1 Å². The topological polar surface area (TPSA) is 40.6 Å². The van der Waals surface area contributed by atoms with Crippen molar-refractivity contribution in [3.05, 3.63) is 71.8 Å². The van der Waals surface area contributed by atoms with Crippen molar-refractivity contribution in [2.45, 2.75) is 51.4 Å². The van der Waals surface area contributed by atoms with Crippen molar-refractivity contribution >= 4 is 11.8 Å². The van der Waals surface area contributed by atoms with Gasteiger partial charge in [-0.05, 0) is 74.3 Å². The Kier molecular flexibility index (Phi) is 7.32. The maximum atomic E-state index is 13.3. The fraction of sp³-hybridized carbons (Fsp3) is 0.533. The second-order valence-corrected chi connectivity index (χ2v) is 10.7. The van der Waals surface area contributed by atoms with E-state index < -0.39 is 0 Å². The molecule has 0 N–H and O–H groups in total. The van der Waals surface area contributed by atoms with Crippen LogP contribution >= 0.6 is 0 Å². The van der Waals surface area contributed by atoms with Crippen LogP contribution < -0.4 is 0 Å². The van der Waals surface area contributed by atoms with E-state index >= 15 is 0 Å². The number of carbonyl (C=O) groups is 2. The predicted octanol–water partition coefficient (Wildman–Crippen LogP) is 4.98. The molecule has 180 valence electrons. The molecule has 3 fully saturated rings. The number of likely N-dealkylation sites (tertiary alicyclic amines) is 2. The van der Waals surface area contributed by atoms with Gasteiger partial charge in [0, 0.05) is 38.0 Å². The Morgan fingerprint density at radius 1 is 0.559 bits per heavy atom. The summed E-state index contributed by atoms with van der Waals surface area (Å²) >= 11 is 0. The smallest absolute Gasteiger partial charge is 0.226 e. The van der Waals surface area contributed by atoms with Gasteiger partial charge in [0.2, 0.25) is 11.8 Å². The molecule has 2 saturated heterocycles. The summed E-state index contributed by atoms with van der Waals surface area (Å²) < 4.78 is 0. The number of amides is 2. The Labute approximate surface area is 204 Å². The van der Waals surface area contributed by atoms with E-state index in [0.717, 1.165) is 77.5 Å². The summed E-state index contributed by atoms with van der Waals surface area (Å²) in [5.74, 6) is 1.62. The molecule has 0 spiro atoms. The van der Waals surface area contributed by atoms with Crippen molar-refractivity contribution in [2.75, 3.05) is 26.2 Å². The van der Waals surface area contributed by atoms with Gasteiger partial charge in [0.05, 0.1) is 0 Å². The van der Waals surface area contributed by atoms with Crippen LogP contribution in [0.25, 0.3) is 0 Å². The van der Waals surface area contributed by atoms with Gasteiger partial charge >= 0.3 is 0 Å². The standard InChI is InChI=1S/C30H38N2O2/c33-29(31-17-13-25(14-18-31)21-23-7-3-1-4-8-23)27-11-12-28(27)30(34)32-19-15-26(16-20-32)22-24-9-5-2-6-10-24/h1-10,25-28H,11-22H2. The van der Waals surface area contributed by atoms with Crippen LogP contribution in [0.2, 0.25) is 0 Å². The molecule has 0 bridgehead atoms. The molecule has 34 heavy (non-hydrogen) atoms. The fourth-order valence-electron chi connectivity index (χ4n) is 6.17. The Hall–Kier alpha value is -2.62. The predicted molar refractivity (Wildman–Crippen MR) is 135 cm³/mol. The summed E-state index contributed by atoms with van der Waals surface area (Å²) in [4.78, 5) is 30.6. The van der Waals surface area contributed by atoms with Crippen LogP contribution in [-0.2, 0) is 22.4 Å². The highest BCUT2D eigenvalue weighted by molar-refractivity contribution is 5.89. The van der Waals surface area contributed by atoms with E-state index in [-0.39, 0.29) is 23.7 Å². The van der Waals surface area contributed by atoms with Crippen LogP contribution in [0.5, 0.6) is 0 Å². The third-order valence-electron chi connectivity index (χ3n) is 8.50. The molecule has 2 atom stereocenters. The maximum Gasteiger partial charge on any atom is 0.226 e. The van der Waals surface area contributed by atoms with Crippen molar-refractivity contribution in [2.24, 2.45) is 23.7 Å². The average Bonchev–Trinajstić information content (AvgIpc) is 2.85. The molecule has 4 nitrogen and oxygen atoms in total. The van der Waals surface area contributed by atoms with Crippen LogP contribution in [0.3, 0.4) is 0 Å². The lowest BCUT2D eigenvalue weighted by molar-refractivity contribution is -0.154. The highest BCUT2D eigenvalue weighted by Gasteiger charge is 2.45. The SMILES string of the molecule is O=C(C1CCC1C(=O)N1CCC(Cc2ccccc2)CC1)N1CCC(Cc2ccccc2)CC1. The first-order valence-corrected chi connectivity index (χ1v) is 13.3. The summed E-state index contributed by atoms with van der Waals surface area (Å²) in [5.41, 5.74) is 2.79. The molecule has 2 heterocycles. The maximum absolute atomic E-state index is 13.3. The fourth-order valence-corrected chi connectivity index (χ4v) is 6.17. The van der Waals surface area contributed by atoms with E-state index in [1.807, 2.05) is 0 Å². The molecule has 2 aliphatic heterocycles. The molecule has 1 aliphatic carbocycles. The van der Waals surface area contributed by atoms with Crippen molar-refractivity contribution in [3.8, 4) is 0 Å². The minimum atomic E-state index is -0.0831. The number of hydrogen-bond acceptors (Lipinski definition) is 2. The zero-order valence-electron chi connectivity index (χ0n) is 20.3. The Bertz CT molecular complexity index is 865. The molecule has 2 unspecified atom stereocenters. The highest BCUT2D eigenvalue weighted by atomic mass is 16.2. The molecule has 2 aromatic carbocycles. The molecule has 5 rings (SSSR count). The average molecular weight is 459 g/mol. The summed E-state index contributed by atoms with van der Waals surface area (Å²) in [7, 11) is 0. The number of carbonyl (C=O) groups excluding carboxylic acids is 2. The lowest BCUT2D eigenvalue weighted by atomic mass is 9.71. The van der Waals surface area contributed by atoms with Gasteiger partial charge in [0.25, 0.3) is 0 Å². The highest BCUT2D eigenvalue weighted by Crippen LogP contribution is 2.39. The van der Waals surface area contributed by atoms with E-state index in [1.54, 1.807) is 0 Å².